The highest BCUT2D eigenvalue weighted by atomic mass is 32.2. The second-order valence-corrected chi connectivity index (χ2v) is 6.48. The van der Waals surface area contributed by atoms with Crippen LogP contribution < -0.4 is 0 Å². The van der Waals surface area contributed by atoms with E-state index in [0.717, 1.165) is 21.8 Å². The van der Waals surface area contributed by atoms with E-state index < -0.39 is 0 Å². The van der Waals surface area contributed by atoms with Gasteiger partial charge in [0.05, 0.1) is 16.8 Å². The van der Waals surface area contributed by atoms with Crippen LogP contribution in [0.15, 0.2) is 50.8 Å². The normalized spacial score (nSPS) is 11.3. The minimum Gasteiger partial charge on any atom is -0.338 e. The Kier molecular flexibility index (Phi) is 3.44. The van der Waals surface area contributed by atoms with Crippen LogP contribution in [-0.4, -0.2) is 19.7 Å². The molecule has 7 heteroatoms. The number of thiophene rings is 1. The Morgan fingerprint density at radius 2 is 2.14 bits per heavy atom. The third-order valence-corrected chi connectivity index (χ3v) is 5.02. The summed E-state index contributed by atoms with van der Waals surface area (Å²) in [5.74, 6) is 1.86. The molecule has 0 unspecified atom stereocenters. The lowest BCUT2D eigenvalue weighted by Gasteiger charge is -1.99. The van der Waals surface area contributed by atoms with Gasteiger partial charge >= 0.3 is 0 Å². The Morgan fingerprint density at radius 3 is 2.95 bits per heavy atom. The van der Waals surface area contributed by atoms with Gasteiger partial charge in [0, 0.05) is 18.0 Å². The molecule has 0 aliphatic rings. The highest BCUT2D eigenvalue weighted by Gasteiger charge is 2.12. The van der Waals surface area contributed by atoms with Gasteiger partial charge in [-0.1, -0.05) is 29.1 Å². The summed E-state index contributed by atoms with van der Waals surface area (Å²) in [6, 6.07) is 10.1. The fraction of sp³-hybridized carbons (Fsp3) is 0.133. The van der Waals surface area contributed by atoms with Gasteiger partial charge in [-0.2, -0.15) is 16.3 Å². The van der Waals surface area contributed by atoms with Crippen molar-refractivity contribution in [2.45, 2.75) is 10.9 Å². The SMILES string of the molecule is Cn1c(SCc2nc(-c3ccsc3)no2)nc2ccccc21. The number of aromatic nitrogens is 4. The number of nitrogens with zero attached hydrogens (tertiary/aromatic N) is 4. The van der Waals surface area contributed by atoms with Crippen molar-refractivity contribution in [2.24, 2.45) is 7.05 Å². The van der Waals surface area contributed by atoms with Gasteiger partial charge in [0.15, 0.2) is 5.16 Å². The molecule has 0 bridgehead atoms. The molecule has 0 radical (unpaired) electrons. The highest BCUT2D eigenvalue weighted by Crippen LogP contribution is 2.26. The van der Waals surface area contributed by atoms with Gasteiger partial charge in [-0.15, -0.1) is 0 Å². The number of hydrogen-bond donors (Lipinski definition) is 0. The topological polar surface area (TPSA) is 56.7 Å². The van der Waals surface area contributed by atoms with Crippen LogP contribution in [0.5, 0.6) is 0 Å². The lowest BCUT2D eigenvalue weighted by atomic mass is 10.3. The largest absolute Gasteiger partial charge is 0.338 e. The first kappa shape index (κ1) is 13.5. The predicted molar refractivity (Wildman–Crippen MR) is 87.9 cm³/mol. The standard InChI is InChI=1S/C15H12N4OS2/c1-19-12-5-3-2-4-11(12)16-15(19)22-9-13-17-14(18-20-13)10-6-7-21-8-10/h2-8H,9H2,1H3. The lowest BCUT2D eigenvalue weighted by Crippen LogP contribution is -1.91. The first-order valence-corrected chi connectivity index (χ1v) is 8.63. The van der Waals surface area contributed by atoms with E-state index >= 15 is 0 Å². The summed E-state index contributed by atoms with van der Waals surface area (Å²) in [4.78, 5) is 9.04. The first-order valence-electron chi connectivity index (χ1n) is 6.70. The number of imidazole rings is 1. The zero-order chi connectivity index (χ0) is 14.9. The van der Waals surface area contributed by atoms with Crippen LogP contribution in [0.25, 0.3) is 22.4 Å². The number of benzene rings is 1. The van der Waals surface area contributed by atoms with Crippen LogP contribution in [-0.2, 0) is 12.8 Å². The molecule has 3 heterocycles. The number of thioether (sulfide) groups is 1. The van der Waals surface area contributed by atoms with Crippen LogP contribution in [0, 0.1) is 0 Å². The maximum atomic E-state index is 5.31. The number of aryl methyl sites for hydroxylation is 1. The summed E-state index contributed by atoms with van der Waals surface area (Å²) < 4.78 is 7.39. The van der Waals surface area contributed by atoms with E-state index in [2.05, 4.69) is 25.8 Å². The molecule has 0 saturated heterocycles. The summed E-state index contributed by atoms with van der Waals surface area (Å²) in [7, 11) is 2.02. The van der Waals surface area contributed by atoms with Crippen LogP contribution >= 0.6 is 23.1 Å². The van der Waals surface area contributed by atoms with E-state index in [9.17, 15) is 0 Å². The summed E-state index contributed by atoms with van der Waals surface area (Å²) >= 11 is 3.21. The number of para-hydroxylation sites is 2. The smallest absolute Gasteiger partial charge is 0.237 e. The van der Waals surface area contributed by atoms with Crippen molar-refractivity contribution < 1.29 is 4.52 Å². The van der Waals surface area contributed by atoms with Crippen molar-refractivity contribution in [3.63, 3.8) is 0 Å². The Labute approximate surface area is 135 Å². The van der Waals surface area contributed by atoms with Crippen molar-refractivity contribution in [1.29, 1.82) is 0 Å². The minimum atomic E-state index is 0.605. The fourth-order valence-electron chi connectivity index (χ4n) is 2.20. The first-order chi connectivity index (χ1) is 10.8. The van der Waals surface area contributed by atoms with E-state index in [1.807, 2.05) is 42.1 Å². The molecule has 0 fully saturated rings. The molecule has 110 valence electrons. The van der Waals surface area contributed by atoms with Crippen LogP contribution in [0.2, 0.25) is 0 Å². The van der Waals surface area contributed by atoms with Gasteiger partial charge in [0.1, 0.15) is 0 Å². The molecule has 0 aliphatic carbocycles. The predicted octanol–water partition coefficient (Wildman–Crippen LogP) is 3.98. The molecule has 0 amide bonds. The molecule has 4 aromatic rings. The molecule has 0 aliphatic heterocycles. The number of fused-ring (bicyclic) bond motifs is 1. The second kappa shape index (κ2) is 5.58. The molecule has 1 aromatic carbocycles. The van der Waals surface area contributed by atoms with Gasteiger partial charge in [-0.25, -0.2) is 4.98 Å². The molecular weight excluding hydrogens is 316 g/mol. The Hall–Kier alpha value is -2.12. The highest BCUT2D eigenvalue weighted by molar-refractivity contribution is 7.98. The van der Waals surface area contributed by atoms with Gasteiger partial charge in [0.25, 0.3) is 0 Å². The van der Waals surface area contributed by atoms with Crippen molar-refractivity contribution >= 4 is 34.1 Å². The zero-order valence-corrected chi connectivity index (χ0v) is 13.4. The number of hydrogen-bond acceptors (Lipinski definition) is 6. The van der Waals surface area contributed by atoms with E-state index in [-0.39, 0.29) is 0 Å². The maximum absolute atomic E-state index is 5.31. The van der Waals surface area contributed by atoms with Crippen LogP contribution in [0.3, 0.4) is 0 Å². The average molecular weight is 328 g/mol. The maximum Gasteiger partial charge on any atom is 0.237 e. The van der Waals surface area contributed by atoms with E-state index in [1.54, 1.807) is 23.1 Å². The summed E-state index contributed by atoms with van der Waals surface area (Å²) in [5, 5.41) is 8.96. The zero-order valence-electron chi connectivity index (χ0n) is 11.8. The minimum absolute atomic E-state index is 0.605. The third kappa shape index (κ3) is 2.42. The Balaban J connectivity index is 1.53. The molecule has 22 heavy (non-hydrogen) atoms. The molecule has 5 nitrogen and oxygen atoms in total. The molecule has 0 saturated carbocycles. The quantitative estimate of drug-likeness (QED) is 0.530. The van der Waals surface area contributed by atoms with Gasteiger partial charge in [-0.3, -0.25) is 0 Å². The molecule has 0 spiro atoms. The molecule has 3 aromatic heterocycles. The van der Waals surface area contributed by atoms with Crippen LogP contribution in [0.4, 0.5) is 0 Å². The lowest BCUT2D eigenvalue weighted by molar-refractivity contribution is 0.391. The van der Waals surface area contributed by atoms with E-state index in [0.29, 0.717) is 17.5 Å². The summed E-state index contributed by atoms with van der Waals surface area (Å²) in [5.41, 5.74) is 3.11. The van der Waals surface area contributed by atoms with E-state index in [1.165, 1.54) is 0 Å². The third-order valence-electron chi connectivity index (χ3n) is 3.32. The van der Waals surface area contributed by atoms with Crippen LogP contribution in [0.1, 0.15) is 5.89 Å². The summed E-state index contributed by atoms with van der Waals surface area (Å²) in [6.45, 7) is 0. The molecule has 0 N–H and O–H groups in total. The molecule has 0 atom stereocenters. The van der Waals surface area contributed by atoms with Crippen molar-refractivity contribution in [3.05, 3.63) is 47.0 Å². The van der Waals surface area contributed by atoms with Crippen molar-refractivity contribution in [1.82, 2.24) is 19.7 Å². The Morgan fingerprint density at radius 1 is 1.23 bits per heavy atom. The Bertz CT molecular complexity index is 911. The van der Waals surface area contributed by atoms with Gasteiger partial charge in [-0.05, 0) is 23.6 Å². The van der Waals surface area contributed by atoms with E-state index in [4.69, 9.17) is 4.52 Å². The van der Waals surface area contributed by atoms with Crippen molar-refractivity contribution in [3.8, 4) is 11.4 Å². The van der Waals surface area contributed by atoms with Crippen molar-refractivity contribution in [2.75, 3.05) is 0 Å². The molecular formula is C15H12N4OS2. The summed E-state index contributed by atoms with van der Waals surface area (Å²) in [6.07, 6.45) is 0. The monoisotopic (exact) mass is 328 g/mol. The second-order valence-electron chi connectivity index (χ2n) is 4.75. The fourth-order valence-corrected chi connectivity index (χ4v) is 3.66. The number of rotatable bonds is 4. The van der Waals surface area contributed by atoms with Gasteiger partial charge < -0.3 is 9.09 Å². The molecule has 4 rings (SSSR count). The van der Waals surface area contributed by atoms with Gasteiger partial charge in [0.2, 0.25) is 11.7 Å². The average Bonchev–Trinajstić information content (AvgIpc) is 3.26.